The summed E-state index contributed by atoms with van der Waals surface area (Å²) in [4.78, 5) is 19.2. The number of hydrogen-bond donors (Lipinski definition) is 3. The van der Waals surface area contributed by atoms with Crippen molar-refractivity contribution in [3.05, 3.63) is 65.5 Å². The zero-order valence-electron chi connectivity index (χ0n) is 13.3. The lowest BCUT2D eigenvalue weighted by molar-refractivity contribution is -0.123. The minimum absolute atomic E-state index is 0.158. The summed E-state index contributed by atoms with van der Waals surface area (Å²) in [5.41, 5.74) is 1.61. The molecule has 0 saturated carbocycles. The third kappa shape index (κ3) is 4.39. The molecule has 3 N–H and O–H groups in total. The fraction of sp³-hybridized carbons (Fsp3) is 0.222. The number of H-pyrrole nitrogens is 1. The standard InChI is InChI=1S/C18H17F2N3O2/c19-12-3-1-2-11(8-12)16(24)10-18(25)21-7-6-17-22-14-5-4-13(20)9-15(14)23-17/h1-5,8-9,16,24H,6-7,10H2,(H,21,25)(H,22,23). The number of aromatic nitrogens is 2. The van der Waals surface area contributed by atoms with Crippen molar-refractivity contribution in [2.75, 3.05) is 6.54 Å². The molecule has 0 aliphatic heterocycles. The minimum atomic E-state index is -1.06. The quantitative estimate of drug-likeness (QED) is 0.643. The molecule has 1 heterocycles. The number of imidazole rings is 1. The number of fused-ring (bicyclic) bond motifs is 1. The van der Waals surface area contributed by atoms with Gasteiger partial charge in [0.15, 0.2) is 0 Å². The number of aliphatic hydroxyl groups is 1. The van der Waals surface area contributed by atoms with Gasteiger partial charge in [-0.15, -0.1) is 0 Å². The number of carbonyl (C=O) groups is 1. The molecule has 3 rings (SSSR count). The first-order valence-electron chi connectivity index (χ1n) is 7.85. The Morgan fingerprint density at radius 3 is 2.80 bits per heavy atom. The molecular formula is C18H17F2N3O2. The van der Waals surface area contributed by atoms with Gasteiger partial charge in [-0.3, -0.25) is 4.79 Å². The van der Waals surface area contributed by atoms with E-state index in [2.05, 4.69) is 15.3 Å². The predicted molar refractivity (Wildman–Crippen MR) is 88.7 cm³/mol. The maximum atomic E-state index is 13.1. The summed E-state index contributed by atoms with van der Waals surface area (Å²) in [6.45, 7) is 0.316. The number of aromatic amines is 1. The highest BCUT2D eigenvalue weighted by Crippen LogP contribution is 2.17. The number of carbonyl (C=O) groups excluding carboxylic acids is 1. The van der Waals surface area contributed by atoms with E-state index in [9.17, 15) is 18.7 Å². The smallest absolute Gasteiger partial charge is 0.222 e. The van der Waals surface area contributed by atoms with E-state index in [1.165, 1.54) is 30.3 Å². The Bertz CT molecular complexity index is 895. The van der Waals surface area contributed by atoms with Crippen molar-refractivity contribution in [1.82, 2.24) is 15.3 Å². The summed E-state index contributed by atoms with van der Waals surface area (Å²) in [5.74, 6) is -0.522. The Hall–Kier alpha value is -2.80. The average molecular weight is 345 g/mol. The van der Waals surface area contributed by atoms with E-state index in [1.807, 2.05) is 0 Å². The fourth-order valence-corrected chi connectivity index (χ4v) is 2.55. The molecular weight excluding hydrogens is 328 g/mol. The molecule has 1 unspecified atom stereocenters. The summed E-state index contributed by atoms with van der Waals surface area (Å²) in [6.07, 6.45) is -0.780. The molecule has 0 radical (unpaired) electrons. The lowest BCUT2D eigenvalue weighted by Gasteiger charge is -2.11. The lowest BCUT2D eigenvalue weighted by Crippen LogP contribution is -2.27. The molecule has 25 heavy (non-hydrogen) atoms. The summed E-state index contributed by atoms with van der Waals surface area (Å²) in [7, 11) is 0. The Balaban J connectivity index is 1.50. The van der Waals surface area contributed by atoms with E-state index in [1.54, 1.807) is 12.1 Å². The summed E-state index contributed by atoms with van der Waals surface area (Å²) in [6, 6.07) is 9.80. The van der Waals surface area contributed by atoms with Crippen LogP contribution in [0.5, 0.6) is 0 Å². The van der Waals surface area contributed by atoms with Gasteiger partial charge in [0.05, 0.1) is 23.6 Å². The molecule has 0 bridgehead atoms. The molecule has 1 aromatic heterocycles. The minimum Gasteiger partial charge on any atom is -0.388 e. The van der Waals surface area contributed by atoms with Gasteiger partial charge < -0.3 is 15.4 Å². The molecule has 0 saturated heterocycles. The van der Waals surface area contributed by atoms with Gasteiger partial charge in [0.2, 0.25) is 5.91 Å². The normalized spacial score (nSPS) is 12.3. The van der Waals surface area contributed by atoms with Crippen molar-refractivity contribution >= 4 is 16.9 Å². The number of halogens is 2. The van der Waals surface area contributed by atoms with Crippen LogP contribution in [0, 0.1) is 11.6 Å². The largest absolute Gasteiger partial charge is 0.388 e. The van der Waals surface area contributed by atoms with Crippen molar-refractivity contribution < 1.29 is 18.7 Å². The van der Waals surface area contributed by atoms with E-state index in [0.29, 0.717) is 35.4 Å². The first-order valence-corrected chi connectivity index (χ1v) is 7.85. The third-order valence-corrected chi connectivity index (χ3v) is 3.79. The van der Waals surface area contributed by atoms with Crippen LogP contribution >= 0.6 is 0 Å². The Morgan fingerprint density at radius 2 is 2.00 bits per heavy atom. The van der Waals surface area contributed by atoms with Gasteiger partial charge in [-0.05, 0) is 35.9 Å². The SMILES string of the molecule is O=C(CC(O)c1cccc(F)c1)NCCc1nc2ccc(F)cc2[nH]1. The first-order chi connectivity index (χ1) is 12.0. The maximum absolute atomic E-state index is 13.1. The number of nitrogens with zero attached hydrogens (tertiary/aromatic N) is 1. The second kappa shape index (κ2) is 7.40. The predicted octanol–water partition coefficient (Wildman–Crippen LogP) is 2.62. The highest BCUT2D eigenvalue weighted by Gasteiger charge is 2.13. The van der Waals surface area contributed by atoms with Gasteiger partial charge in [0.25, 0.3) is 0 Å². The first kappa shape index (κ1) is 17.0. The third-order valence-electron chi connectivity index (χ3n) is 3.79. The molecule has 5 nitrogen and oxygen atoms in total. The van der Waals surface area contributed by atoms with E-state index in [4.69, 9.17) is 0 Å². The van der Waals surface area contributed by atoms with Crippen molar-refractivity contribution in [1.29, 1.82) is 0 Å². The number of hydrogen-bond acceptors (Lipinski definition) is 3. The lowest BCUT2D eigenvalue weighted by atomic mass is 10.1. The van der Waals surface area contributed by atoms with Crippen molar-refractivity contribution in [3.63, 3.8) is 0 Å². The molecule has 3 aromatic rings. The van der Waals surface area contributed by atoms with Crippen molar-refractivity contribution in [2.45, 2.75) is 18.9 Å². The molecule has 0 aliphatic rings. The zero-order chi connectivity index (χ0) is 17.8. The highest BCUT2D eigenvalue weighted by atomic mass is 19.1. The number of rotatable bonds is 6. The van der Waals surface area contributed by atoms with Gasteiger partial charge in [-0.25, -0.2) is 13.8 Å². The van der Waals surface area contributed by atoms with E-state index in [-0.39, 0.29) is 18.1 Å². The number of amides is 1. The zero-order valence-corrected chi connectivity index (χ0v) is 13.3. The number of benzene rings is 2. The van der Waals surface area contributed by atoms with E-state index < -0.39 is 11.9 Å². The molecule has 1 atom stereocenters. The Labute approximate surface area is 142 Å². The second-order valence-electron chi connectivity index (χ2n) is 5.72. The molecule has 7 heteroatoms. The number of nitrogens with one attached hydrogen (secondary N) is 2. The second-order valence-corrected chi connectivity index (χ2v) is 5.72. The Morgan fingerprint density at radius 1 is 1.20 bits per heavy atom. The fourth-order valence-electron chi connectivity index (χ4n) is 2.55. The van der Waals surface area contributed by atoms with Crippen LogP contribution in [0.15, 0.2) is 42.5 Å². The summed E-state index contributed by atoms with van der Waals surface area (Å²) >= 11 is 0. The summed E-state index contributed by atoms with van der Waals surface area (Å²) < 4.78 is 26.3. The van der Waals surface area contributed by atoms with Crippen LogP contribution in [-0.4, -0.2) is 27.5 Å². The van der Waals surface area contributed by atoms with Crippen molar-refractivity contribution in [3.8, 4) is 0 Å². The van der Waals surface area contributed by atoms with Crippen LogP contribution in [-0.2, 0) is 11.2 Å². The molecule has 0 spiro atoms. The molecule has 130 valence electrons. The van der Waals surface area contributed by atoms with E-state index >= 15 is 0 Å². The van der Waals surface area contributed by atoms with Crippen LogP contribution in [0.3, 0.4) is 0 Å². The molecule has 0 fully saturated rings. The topological polar surface area (TPSA) is 78.0 Å². The van der Waals surface area contributed by atoms with Gasteiger partial charge in [-0.1, -0.05) is 12.1 Å². The van der Waals surface area contributed by atoms with Crippen LogP contribution in [0.4, 0.5) is 8.78 Å². The number of aliphatic hydroxyl groups excluding tert-OH is 1. The molecule has 2 aromatic carbocycles. The molecule has 0 aliphatic carbocycles. The van der Waals surface area contributed by atoms with Crippen LogP contribution in [0.2, 0.25) is 0 Å². The van der Waals surface area contributed by atoms with Gasteiger partial charge in [-0.2, -0.15) is 0 Å². The van der Waals surface area contributed by atoms with Gasteiger partial charge in [0.1, 0.15) is 17.5 Å². The van der Waals surface area contributed by atoms with Crippen molar-refractivity contribution in [2.24, 2.45) is 0 Å². The van der Waals surface area contributed by atoms with E-state index in [0.717, 1.165) is 0 Å². The maximum Gasteiger partial charge on any atom is 0.222 e. The van der Waals surface area contributed by atoms with Gasteiger partial charge in [0, 0.05) is 13.0 Å². The highest BCUT2D eigenvalue weighted by molar-refractivity contribution is 5.77. The average Bonchev–Trinajstić information content (AvgIpc) is 2.96. The van der Waals surface area contributed by atoms with Crippen LogP contribution in [0.1, 0.15) is 23.9 Å². The Kier molecular flexibility index (Phi) is 5.04. The van der Waals surface area contributed by atoms with Crippen LogP contribution in [0.25, 0.3) is 11.0 Å². The monoisotopic (exact) mass is 345 g/mol. The summed E-state index contributed by atoms with van der Waals surface area (Å²) in [5, 5.41) is 12.6. The molecule has 1 amide bonds. The van der Waals surface area contributed by atoms with Crippen LogP contribution < -0.4 is 5.32 Å². The van der Waals surface area contributed by atoms with Gasteiger partial charge >= 0.3 is 0 Å².